The van der Waals surface area contributed by atoms with Gasteiger partial charge in [0, 0.05) is 25.1 Å². The Kier molecular flexibility index (Phi) is 6.40. The van der Waals surface area contributed by atoms with Crippen molar-refractivity contribution in [3.05, 3.63) is 45.1 Å². The number of ether oxygens (including phenoxy) is 1. The molecule has 2 aromatic heterocycles. The number of furan rings is 1. The van der Waals surface area contributed by atoms with Gasteiger partial charge in [0.05, 0.1) is 6.61 Å². The highest BCUT2D eigenvalue weighted by Crippen LogP contribution is 2.25. The van der Waals surface area contributed by atoms with Gasteiger partial charge in [-0.1, -0.05) is 25.0 Å². The highest BCUT2D eigenvalue weighted by molar-refractivity contribution is 6.02. The van der Waals surface area contributed by atoms with Gasteiger partial charge in [0.25, 0.3) is 5.56 Å². The largest absolute Gasteiger partial charge is 0.449 e. The molecule has 32 heavy (non-hydrogen) atoms. The van der Waals surface area contributed by atoms with Gasteiger partial charge in [0.15, 0.2) is 0 Å². The molecule has 1 fully saturated rings. The molecule has 3 aromatic rings. The SMILES string of the molecule is COCCNC(=O)Cn1c(=O)n(CC(=O)NC2CCCC2)c(=O)c2oc3ccccc3c21. The van der Waals surface area contributed by atoms with Gasteiger partial charge in [0.2, 0.25) is 17.4 Å². The van der Waals surface area contributed by atoms with Crippen molar-refractivity contribution in [3.8, 4) is 0 Å². The van der Waals surface area contributed by atoms with Gasteiger partial charge in [-0.3, -0.25) is 19.0 Å². The zero-order valence-electron chi connectivity index (χ0n) is 17.9. The summed E-state index contributed by atoms with van der Waals surface area (Å²) < 4.78 is 12.7. The van der Waals surface area contributed by atoms with E-state index in [-0.39, 0.29) is 30.2 Å². The van der Waals surface area contributed by atoms with E-state index in [4.69, 9.17) is 9.15 Å². The molecule has 10 heteroatoms. The Hall–Kier alpha value is -3.40. The van der Waals surface area contributed by atoms with Crippen LogP contribution in [0.5, 0.6) is 0 Å². The summed E-state index contributed by atoms with van der Waals surface area (Å²) in [7, 11) is 1.52. The molecule has 1 aliphatic rings. The minimum absolute atomic E-state index is 0.0573. The second-order valence-corrected chi connectivity index (χ2v) is 7.93. The van der Waals surface area contributed by atoms with E-state index in [1.807, 2.05) is 0 Å². The zero-order chi connectivity index (χ0) is 22.7. The third kappa shape index (κ3) is 4.31. The number of para-hydroxylation sites is 1. The van der Waals surface area contributed by atoms with Crippen LogP contribution >= 0.6 is 0 Å². The number of rotatable bonds is 8. The van der Waals surface area contributed by atoms with E-state index in [9.17, 15) is 19.2 Å². The van der Waals surface area contributed by atoms with Gasteiger partial charge in [-0.05, 0) is 25.0 Å². The number of nitrogens with zero attached hydrogens (tertiary/aromatic N) is 2. The van der Waals surface area contributed by atoms with Crippen molar-refractivity contribution >= 4 is 33.9 Å². The molecular formula is C22H26N4O6. The Morgan fingerprint density at radius 3 is 2.56 bits per heavy atom. The number of methoxy groups -OCH3 is 1. The second-order valence-electron chi connectivity index (χ2n) is 7.93. The minimum Gasteiger partial charge on any atom is -0.449 e. The van der Waals surface area contributed by atoms with E-state index in [1.165, 1.54) is 11.7 Å². The number of benzene rings is 1. The van der Waals surface area contributed by atoms with Gasteiger partial charge < -0.3 is 19.8 Å². The van der Waals surface area contributed by atoms with Crippen LogP contribution in [0.3, 0.4) is 0 Å². The van der Waals surface area contributed by atoms with Crippen LogP contribution in [-0.2, 0) is 27.4 Å². The topological polar surface area (TPSA) is 125 Å². The number of aromatic nitrogens is 2. The molecule has 1 aliphatic carbocycles. The number of hydrogen-bond donors (Lipinski definition) is 2. The van der Waals surface area contributed by atoms with Crippen molar-refractivity contribution in [2.24, 2.45) is 0 Å². The fourth-order valence-corrected chi connectivity index (χ4v) is 4.16. The average molecular weight is 442 g/mol. The van der Waals surface area contributed by atoms with E-state index >= 15 is 0 Å². The third-order valence-electron chi connectivity index (χ3n) is 5.69. The van der Waals surface area contributed by atoms with Crippen LogP contribution in [-0.4, -0.2) is 47.3 Å². The van der Waals surface area contributed by atoms with E-state index in [0.29, 0.717) is 17.6 Å². The fourth-order valence-electron chi connectivity index (χ4n) is 4.16. The van der Waals surface area contributed by atoms with E-state index in [2.05, 4.69) is 10.6 Å². The van der Waals surface area contributed by atoms with Gasteiger partial charge in [-0.25, -0.2) is 9.36 Å². The normalized spacial score (nSPS) is 14.3. The Morgan fingerprint density at radius 1 is 1.09 bits per heavy atom. The average Bonchev–Trinajstić information content (AvgIpc) is 3.42. The fraction of sp³-hybridized carbons (Fsp3) is 0.455. The van der Waals surface area contributed by atoms with Crippen LogP contribution in [0.2, 0.25) is 0 Å². The number of amides is 2. The molecule has 2 amide bonds. The van der Waals surface area contributed by atoms with Crippen LogP contribution in [0.4, 0.5) is 0 Å². The minimum atomic E-state index is -0.738. The number of fused-ring (bicyclic) bond motifs is 3. The van der Waals surface area contributed by atoms with Crippen LogP contribution in [0.1, 0.15) is 25.7 Å². The standard InChI is InChI=1S/C22H26N4O6/c1-31-11-10-23-17(27)12-25-19-15-8-4-5-9-16(15)32-20(19)21(29)26(22(25)30)13-18(28)24-14-6-2-3-7-14/h4-5,8-9,14H,2-3,6-7,10-13H2,1H3,(H,23,27)(H,24,28). The molecular weight excluding hydrogens is 416 g/mol. The predicted octanol–water partition coefficient (Wildman–Crippen LogP) is 0.731. The van der Waals surface area contributed by atoms with E-state index < -0.39 is 29.6 Å². The van der Waals surface area contributed by atoms with Gasteiger partial charge in [-0.15, -0.1) is 0 Å². The number of hydrogen-bond acceptors (Lipinski definition) is 6. The number of nitrogens with one attached hydrogen (secondary N) is 2. The predicted molar refractivity (Wildman–Crippen MR) is 118 cm³/mol. The maximum absolute atomic E-state index is 13.3. The summed E-state index contributed by atoms with van der Waals surface area (Å²) in [6, 6.07) is 6.96. The van der Waals surface area contributed by atoms with Crippen molar-refractivity contribution in [1.82, 2.24) is 19.8 Å². The van der Waals surface area contributed by atoms with Crippen molar-refractivity contribution in [2.75, 3.05) is 20.3 Å². The van der Waals surface area contributed by atoms with E-state index in [0.717, 1.165) is 30.3 Å². The Morgan fingerprint density at radius 2 is 1.81 bits per heavy atom. The monoisotopic (exact) mass is 442 g/mol. The molecule has 0 atom stereocenters. The van der Waals surface area contributed by atoms with Gasteiger partial charge >= 0.3 is 5.69 Å². The van der Waals surface area contributed by atoms with Crippen molar-refractivity contribution in [3.63, 3.8) is 0 Å². The molecule has 0 saturated heterocycles. The summed E-state index contributed by atoms with van der Waals surface area (Å²) in [6.07, 6.45) is 3.85. The Bertz CT molecular complexity index is 1270. The lowest BCUT2D eigenvalue weighted by molar-refractivity contribution is -0.122. The summed E-state index contributed by atoms with van der Waals surface area (Å²) in [5.74, 6) is -0.834. The molecule has 2 heterocycles. The molecule has 0 bridgehead atoms. The summed E-state index contributed by atoms with van der Waals surface area (Å²) in [4.78, 5) is 51.4. The highest BCUT2D eigenvalue weighted by atomic mass is 16.5. The number of carbonyl (C=O) groups is 2. The summed E-state index contributed by atoms with van der Waals surface area (Å²) in [6.45, 7) is -0.159. The molecule has 0 spiro atoms. The van der Waals surface area contributed by atoms with Crippen LogP contribution in [0, 0.1) is 0 Å². The first kappa shape index (κ1) is 21.8. The van der Waals surface area contributed by atoms with E-state index in [1.54, 1.807) is 24.3 Å². The first-order valence-corrected chi connectivity index (χ1v) is 10.7. The molecule has 0 radical (unpaired) electrons. The smallest absolute Gasteiger partial charge is 0.332 e. The van der Waals surface area contributed by atoms with Crippen molar-refractivity contribution < 1.29 is 18.7 Å². The van der Waals surface area contributed by atoms with Crippen molar-refractivity contribution in [2.45, 2.75) is 44.8 Å². The molecule has 0 unspecified atom stereocenters. The summed E-state index contributed by atoms with van der Waals surface area (Å²) in [5.41, 5.74) is -0.842. The highest BCUT2D eigenvalue weighted by Gasteiger charge is 2.23. The molecule has 10 nitrogen and oxygen atoms in total. The molecule has 170 valence electrons. The van der Waals surface area contributed by atoms with Crippen LogP contribution in [0.15, 0.2) is 38.3 Å². The summed E-state index contributed by atoms with van der Waals surface area (Å²) >= 11 is 0. The lowest BCUT2D eigenvalue weighted by Gasteiger charge is -2.14. The molecule has 1 saturated carbocycles. The van der Waals surface area contributed by atoms with Gasteiger partial charge in [0.1, 0.15) is 24.2 Å². The Labute approximate surface area is 183 Å². The quantitative estimate of drug-likeness (QED) is 0.496. The first-order valence-electron chi connectivity index (χ1n) is 10.7. The molecule has 0 aliphatic heterocycles. The van der Waals surface area contributed by atoms with Crippen LogP contribution in [0.25, 0.3) is 22.1 Å². The maximum atomic E-state index is 13.3. The third-order valence-corrected chi connectivity index (χ3v) is 5.69. The molecule has 2 N–H and O–H groups in total. The van der Waals surface area contributed by atoms with Crippen LogP contribution < -0.4 is 21.9 Å². The molecule has 4 rings (SSSR count). The zero-order valence-corrected chi connectivity index (χ0v) is 17.9. The Balaban J connectivity index is 1.76. The van der Waals surface area contributed by atoms with Crippen molar-refractivity contribution in [1.29, 1.82) is 0 Å². The maximum Gasteiger partial charge on any atom is 0.332 e. The lowest BCUT2D eigenvalue weighted by Crippen LogP contribution is -2.46. The first-order chi connectivity index (χ1) is 15.5. The number of carbonyl (C=O) groups excluding carboxylic acids is 2. The van der Waals surface area contributed by atoms with Gasteiger partial charge in [-0.2, -0.15) is 0 Å². The lowest BCUT2D eigenvalue weighted by atomic mass is 10.2. The second kappa shape index (κ2) is 9.39. The molecule has 1 aromatic carbocycles. The summed E-state index contributed by atoms with van der Waals surface area (Å²) in [5, 5.41) is 6.09.